The number of hydrogen-bond donors (Lipinski definition) is 0. The fraction of sp³-hybridized carbons (Fsp3) is 0. The second-order valence-electron chi connectivity index (χ2n) is 0.192. The topological polar surface area (TPSA) is 0 Å². The summed E-state index contributed by atoms with van der Waals surface area (Å²) >= 11 is 4.48. The Morgan fingerprint density at radius 3 is 1.50 bits per heavy atom. The molecule has 0 aromatic heterocycles. The van der Waals surface area contributed by atoms with Gasteiger partial charge in [0.25, 0.3) is 0 Å². The van der Waals surface area contributed by atoms with Crippen molar-refractivity contribution in [2.24, 2.45) is 0 Å². The van der Waals surface area contributed by atoms with Gasteiger partial charge in [0.2, 0.25) is 0 Å². The molecular weight excluding hydrogens is 340 g/mol. The summed E-state index contributed by atoms with van der Waals surface area (Å²) in [5.74, 6) is 0. The van der Waals surface area contributed by atoms with Gasteiger partial charge < -0.3 is 0 Å². The number of hydrogen-bond acceptors (Lipinski definition) is 0. The third-order valence-electron chi connectivity index (χ3n) is 0. The summed E-state index contributed by atoms with van der Waals surface area (Å²) in [6.45, 7) is 0. The van der Waals surface area contributed by atoms with Gasteiger partial charge in [0, 0.05) is 0 Å². The first-order chi connectivity index (χ1) is 1.73. The van der Waals surface area contributed by atoms with Crippen molar-refractivity contribution in [1.29, 1.82) is 0 Å². The standard InChI is InChI=1S/ClH.2HI.V/h3*1H;/q;;;+3/p-3. The Kier molecular flexibility index (Phi) is 5.58. The van der Waals surface area contributed by atoms with Crippen molar-refractivity contribution in [3.8, 4) is 0 Å². The Bertz CT molecular complexity index is 10.8. The molecule has 0 unspecified atom stereocenters. The second-order valence-corrected chi connectivity index (χ2v) is 22.5. The number of halogens is 3. The average molecular weight is 340 g/mol. The van der Waals surface area contributed by atoms with Gasteiger partial charge in [-0.25, -0.2) is 0 Å². The first-order valence-electron chi connectivity index (χ1n) is 0.507. The predicted molar refractivity (Wildman–Crippen MR) is 33.9 cm³/mol. The third-order valence-corrected chi connectivity index (χ3v) is 0. The van der Waals surface area contributed by atoms with E-state index >= 15 is 0 Å². The van der Waals surface area contributed by atoms with E-state index in [9.17, 15) is 0 Å². The van der Waals surface area contributed by atoms with Gasteiger partial charge in [0.1, 0.15) is 0 Å². The summed E-state index contributed by atoms with van der Waals surface area (Å²) < 4.78 is 0. The molecule has 4 heteroatoms. The summed E-state index contributed by atoms with van der Waals surface area (Å²) in [5.41, 5.74) is 0. The maximum atomic E-state index is 5.39. The molecule has 0 fully saturated rings. The summed E-state index contributed by atoms with van der Waals surface area (Å²) in [6, 6.07) is 0. The SMILES string of the molecule is [Cl][V]([I])[I]. The van der Waals surface area contributed by atoms with Crippen molar-refractivity contribution >= 4 is 49.8 Å². The van der Waals surface area contributed by atoms with E-state index in [1.165, 1.54) is 0 Å². The zero-order valence-corrected chi connectivity index (χ0v) is 8.05. The van der Waals surface area contributed by atoms with E-state index in [1.54, 1.807) is 0 Å². The molecule has 0 spiro atoms. The molecular formula is ClI2V. The van der Waals surface area contributed by atoms with Crippen LogP contribution in [0.2, 0.25) is 0 Å². The van der Waals surface area contributed by atoms with Crippen molar-refractivity contribution in [3.63, 3.8) is 0 Å². The molecule has 0 aromatic rings. The molecule has 0 rings (SSSR count). The average Bonchev–Trinajstić information content (AvgIpc) is 0.811. The minimum atomic E-state index is -0.775. The van der Waals surface area contributed by atoms with E-state index in [4.69, 9.17) is 9.85 Å². The van der Waals surface area contributed by atoms with E-state index in [0.29, 0.717) is 0 Å². The monoisotopic (exact) mass is 340 g/mol. The van der Waals surface area contributed by atoms with Gasteiger partial charge in [-0.05, 0) is 0 Å². The Morgan fingerprint density at radius 2 is 1.50 bits per heavy atom. The van der Waals surface area contributed by atoms with Crippen molar-refractivity contribution in [2.45, 2.75) is 0 Å². The molecule has 0 aliphatic heterocycles. The fourth-order valence-electron chi connectivity index (χ4n) is 0. The summed E-state index contributed by atoms with van der Waals surface area (Å²) in [5, 5.41) is 0. The van der Waals surface area contributed by atoms with Crippen LogP contribution in [-0.4, -0.2) is 0 Å². The van der Waals surface area contributed by atoms with Crippen LogP contribution in [0.15, 0.2) is 0 Å². The Hall–Kier alpha value is 2.33. The first kappa shape index (κ1) is 6.33. The molecule has 0 aliphatic carbocycles. The molecule has 4 heavy (non-hydrogen) atoms. The van der Waals surface area contributed by atoms with E-state index < -0.39 is 7.37 Å². The van der Waals surface area contributed by atoms with Gasteiger partial charge in [0.15, 0.2) is 0 Å². The van der Waals surface area contributed by atoms with Crippen LogP contribution in [0.3, 0.4) is 0 Å². The quantitative estimate of drug-likeness (QED) is 0.595. The van der Waals surface area contributed by atoms with Crippen LogP contribution in [0, 0.1) is 0 Å². The molecule has 0 amide bonds. The van der Waals surface area contributed by atoms with Crippen molar-refractivity contribution in [1.82, 2.24) is 0 Å². The van der Waals surface area contributed by atoms with Gasteiger partial charge in [-0.3, -0.25) is 0 Å². The fourth-order valence-corrected chi connectivity index (χ4v) is 0. The molecule has 0 saturated heterocycles. The molecule has 0 aliphatic rings. The molecule has 0 radical (unpaired) electrons. The molecule has 0 N–H and O–H groups in total. The zero-order chi connectivity index (χ0) is 3.58. The van der Waals surface area contributed by atoms with Crippen molar-refractivity contribution < 1.29 is 7.37 Å². The van der Waals surface area contributed by atoms with E-state index in [0.717, 1.165) is 0 Å². The summed E-state index contributed by atoms with van der Waals surface area (Å²) in [7, 11) is 4.62. The van der Waals surface area contributed by atoms with Crippen molar-refractivity contribution in [3.05, 3.63) is 0 Å². The van der Waals surface area contributed by atoms with Gasteiger partial charge in [0.05, 0.1) is 0 Å². The van der Waals surface area contributed by atoms with E-state index in [2.05, 4.69) is 40.0 Å². The van der Waals surface area contributed by atoms with Gasteiger partial charge in [-0.2, -0.15) is 0 Å². The summed E-state index contributed by atoms with van der Waals surface area (Å²) in [4.78, 5) is 0. The minimum absolute atomic E-state index is 0.775. The van der Waals surface area contributed by atoms with Crippen molar-refractivity contribution in [2.75, 3.05) is 0 Å². The molecule has 0 bridgehead atoms. The third kappa shape index (κ3) is 8.84. The van der Waals surface area contributed by atoms with E-state index in [-0.39, 0.29) is 0 Å². The first-order valence-corrected chi connectivity index (χ1v) is 11.4. The van der Waals surface area contributed by atoms with Gasteiger partial charge in [-0.1, -0.05) is 0 Å². The normalized spacial score (nSPS) is 9.00. The Labute approximate surface area is 56.1 Å². The van der Waals surface area contributed by atoms with Crippen LogP contribution < -0.4 is 0 Å². The molecule has 0 saturated carbocycles. The van der Waals surface area contributed by atoms with Gasteiger partial charge in [-0.15, -0.1) is 0 Å². The van der Waals surface area contributed by atoms with Crippen LogP contribution in [0.25, 0.3) is 0 Å². The zero-order valence-electron chi connectivity index (χ0n) is 1.58. The number of rotatable bonds is 0. The molecule has 0 aromatic carbocycles. The Morgan fingerprint density at radius 1 is 1.50 bits per heavy atom. The van der Waals surface area contributed by atoms with Crippen LogP contribution in [0.5, 0.6) is 0 Å². The van der Waals surface area contributed by atoms with Crippen LogP contribution in [0.1, 0.15) is 0 Å². The Balaban J connectivity index is 2.32. The van der Waals surface area contributed by atoms with Crippen LogP contribution in [-0.2, 0) is 7.37 Å². The predicted octanol–water partition coefficient (Wildman–Crippen LogP) is 2.46. The van der Waals surface area contributed by atoms with Gasteiger partial charge >= 0.3 is 57.2 Å². The van der Waals surface area contributed by atoms with Crippen LogP contribution >= 0.6 is 49.8 Å². The van der Waals surface area contributed by atoms with E-state index in [1.807, 2.05) is 0 Å². The maximum absolute atomic E-state index is 5.39. The van der Waals surface area contributed by atoms with Crippen LogP contribution in [0.4, 0.5) is 0 Å². The molecule has 0 nitrogen and oxygen atoms in total. The summed E-state index contributed by atoms with van der Waals surface area (Å²) in [6.07, 6.45) is 0. The second kappa shape index (κ2) is 3.52. The molecule has 26 valence electrons. The molecule has 0 atom stereocenters. The molecule has 0 heterocycles.